The minimum atomic E-state index is 0.226. The third-order valence-corrected chi connectivity index (χ3v) is 4.69. The molecular weight excluding hydrogens is 344 g/mol. The van der Waals surface area contributed by atoms with Gasteiger partial charge in [0, 0.05) is 37.5 Å². The van der Waals surface area contributed by atoms with Crippen LogP contribution >= 0.6 is 0 Å². The number of nitrogens with zero attached hydrogens (tertiary/aromatic N) is 4. The van der Waals surface area contributed by atoms with Gasteiger partial charge in [0.15, 0.2) is 11.8 Å². The molecule has 27 heavy (non-hydrogen) atoms. The Bertz CT molecular complexity index is 815. The number of nitrogens with one attached hydrogen (secondary N) is 2. The van der Waals surface area contributed by atoms with Crippen LogP contribution in [0.3, 0.4) is 0 Å². The van der Waals surface area contributed by atoms with Crippen LogP contribution in [0, 0.1) is 0 Å². The van der Waals surface area contributed by atoms with Crippen LogP contribution in [0.4, 0.5) is 0 Å². The zero-order chi connectivity index (χ0) is 19.4. The molecule has 1 aliphatic heterocycles. The molecule has 1 unspecified atom stereocenters. The van der Waals surface area contributed by atoms with Crippen LogP contribution in [0.5, 0.6) is 11.5 Å². The Labute approximate surface area is 159 Å². The van der Waals surface area contributed by atoms with Gasteiger partial charge in [0.25, 0.3) is 0 Å². The van der Waals surface area contributed by atoms with E-state index >= 15 is 0 Å². The maximum Gasteiger partial charge on any atom is 0.191 e. The monoisotopic (exact) mass is 372 g/mol. The van der Waals surface area contributed by atoms with Gasteiger partial charge in [-0.05, 0) is 24.6 Å². The molecule has 8 heteroatoms. The van der Waals surface area contributed by atoms with Crippen molar-refractivity contribution in [1.82, 2.24) is 25.4 Å². The summed E-state index contributed by atoms with van der Waals surface area (Å²) in [4.78, 5) is 8.92. The van der Waals surface area contributed by atoms with Crippen LogP contribution in [0.25, 0.3) is 0 Å². The predicted molar refractivity (Wildman–Crippen MR) is 104 cm³/mol. The first-order chi connectivity index (χ1) is 13.0. The number of phenols is 1. The number of rotatable bonds is 5. The Morgan fingerprint density at radius 2 is 2.26 bits per heavy atom. The molecular formula is C19H28N6O2. The first-order valence-electron chi connectivity index (χ1n) is 9.26. The number of aryl methyl sites for hydroxylation is 1. The number of phenolic OH excluding ortho intramolecular Hbond substituents is 1. The number of aromatic nitrogens is 3. The number of methoxy groups -OCH3 is 1. The van der Waals surface area contributed by atoms with E-state index in [2.05, 4.69) is 39.6 Å². The van der Waals surface area contributed by atoms with Crippen LogP contribution < -0.4 is 15.4 Å². The van der Waals surface area contributed by atoms with Gasteiger partial charge in [0.05, 0.1) is 13.7 Å². The van der Waals surface area contributed by atoms with Crippen molar-refractivity contribution >= 4 is 5.96 Å². The Hall–Kier alpha value is -2.77. The molecule has 1 aromatic carbocycles. The van der Waals surface area contributed by atoms with Crippen molar-refractivity contribution in [1.29, 1.82) is 0 Å². The summed E-state index contributed by atoms with van der Waals surface area (Å²) < 4.78 is 7.21. The number of ether oxygens (including phenoxy) is 1. The summed E-state index contributed by atoms with van der Waals surface area (Å²) in [6, 6.07) is 5.40. The molecule has 2 aromatic rings. The average Bonchev–Trinajstić information content (AvgIpc) is 3.10. The fourth-order valence-electron chi connectivity index (χ4n) is 3.09. The maximum absolute atomic E-state index is 10.0. The third-order valence-electron chi connectivity index (χ3n) is 4.69. The zero-order valence-corrected chi connectivity index (χ0v) is 16.4. The van der Waals surface area contributed by atoms with Crippen molar-refractivity contribution in [2.75, 3.05) is 14.2 Å². The largest absolute Gasteiger partial charge is 0.508 e. The van der Waals surface area contributed by atoms with E-state index in [1.54, 1.807) is 26.3 Å². The standard InChI is InChI=1S/C19H28N6O2/c1-12(2)18-23-17-8-5-14(11-25(17)24-18)22-19(20-3)21-10-13-9-15(27-4)6-7-16(13)26/h6-7,9,12,14,26H,5,8,10-11H2,1-4H3,(H2,20,21,22). The molecule has 0 fully saturated rings. The van der Waals surface area contributed by atoms with E-state index in [1.165, 1.54) is 0 Å². The molecule has 1 aliphatic rings. The molecule has 146 valence electrons. The van der Waals surface area contributed by atoms with Gasteiger partial charge in [-0.15, -0.1) is 0 Å². The highest BCUT2D eigenvalue weighted by atomic mass is 16.5. The molecule has 0 radical (unpaired) electrons. The summed E-state index contributed by atoms with van der Waals surface area (Å²) in [5, 5.41) is 21.3. The van der Waals surface area contributed by atoms with Crippen molar-refractivity contribution in [3.63, 3.8) is 0 Å². The van der Waals surface area contributed by atoms with Crippen LogP contribution in [-0.2, 0) is 19.5 Å². The van der Waals surface area contributed by atoms with E-state index in [0.29, 0.717) is 24.2 Å². The minimum absolute atomic E-state index is 0.226. The van der Waals surface area contributed by atoms with E-state index in [4.69, 9.17) is 4.74 Å². The summed E-state index contributed by atoms with van der Waals surface area (Å²) in [5.74, 6) is 3.92. The molecule has 0 aliphatic carbocycles. The van der Waals surface area contributed by atoms with E-state index in [-0.39, 0.29) is 11.8 Å². The van der Waals surface area contributed by atoms with Gasteiger partial charge in [-0.1, -0.05) is 13.8 Å². The second kappa shape index (κ2) is 8.28. The predicted octanol–water partition coefficient (Wildman–Crippen LogP) is 1.80. The van der Waals surface area contributed by atoms with Gasteiger partial charge in [-0.3, -0.25) is 4.99 Å². The smallest absolute Gasteiger partial charge is 0.191 e. The maximum atomic E-state index is 10.0. The van der Waals surface area contributed by atoms with Gasteiger partial charge in [-0.25, -0.2) is 9.67 Å². The topological polar surface area (TPSA) is 96.6 Å². The molecule has 0 saturated carbocycles. The minimum Gasteiger partial charge on any atom is -0.508 e. The lowest BCUT2D eigenvalue weighted by atomic mass is 10.1. The van der Waals surface area contributed by atoms with Gasteiger partial charge in [-0.2, -0.15) is 5.10 Å². The zero-order valence-electron chi connectivity index (χ0n) is 16.4. The Balaban J connectivity index is 1.59. The van der Waals surface area contributed by atoms with E-state index in [1.807, 2.05) is 10.7 Å². The van der Waals surface area contributed by atoms with Crippen molar-refractivity contribution < 1.29 is 9.84 Å². The van der Waals surface area contributed by atoms with Gasteiger partial charge in [0.2, 0.25) is 0 Å². The second-order valence-corrected chi connectivity index (χ2v) is 7.02. The SMILES string of the molecule is CN=C(NCc1cc(OC)ccc1O)NC1CCc2nc(C(C)C)nn2C1. The fourth-order valence-corrected chi connectivity index (χ4v) is 3.09. The van der Waals surface area contributed by atoms with Crippen LogP contribution in [0.1, 0.15) is 43.4 Å². The van der Waals surface area contributed by atoms with Crippen LogP contribution in [0.15, 0.2) is 23.2 Å². The lowest BCUT2D eigenvalue weighted by Gasteiger charge is -2.25. The van der Waals surface area contributed by atoms with Crippen molar-refractivity contribution in [3.05, 3.63) is 35.4 Å². The number of benzene rings is 1. The first-order valence-corrected chi connectivity index (χ1v) is 9.26. The highest BCUT2D eigenvalue weighted by Crippen LogP contribution is 2.22. The Morgan fingerprint density at radius 1 is 1.44 bits per heavy atom. The van der Waals surface area contributed by atoms with Crippen molar-refractivity contribution in [2.24, 2.45) is 4.99 Å². The summed E-state index contributed by atoms with van der Waals surface area (Å²) in [5.41, 5.74) is 0.751. The highest BCUT2D eigenvalue weighted by molar-refractivity contribution is 5.80. The molecule has 0 saturated heterocycles. The number of fused-ring (bicyclic) bond motifs is 1. The number of guanidine groups is 1. The molecule has 1 atom stereocenters. The van der Waals surface area contributed by atoms with E-state index in [9.17, 15) is 5.11 Å². The Kier molecular flexibility index (Phi) is 5.83. The fraction of sp³-hybridized carbons (Fsp3) is 0.526. The van der Waals surface area contributed by atoms with Gasteiger partial charge < -0.3 is 20.5 Å². The lowest BCUT2D eigenvalue weighted by Crippen LogP contribution is -2.46. The summed E-state index contributed by atoms with van der Waals surface area (Å²) in [6.07, 6.45) is 1.87. The van der Waals surface area contributed by atoms with Crippen LogP contribution in [0.2, 0.25) is 0 Å². The number of hydrogen-bond acceptors (Lipinski definition) is 5. The highest BCUT2D eigenvalue weighted by Gasteiger charge is 2.23. The molecule has 3 rings (SSSR count). The Morgan fingerprint density at radius 3 is 2.96 bits per heavy atom. The molecule has 1 aromatic heterocycles. The lowest BCUT2D eigenvalue weighted by molar-refractivity contribution is 0.391. The normalized spacial score (nSPS) is 16.9. The number of hydrogen-bond donors (Lipinski definition) is 3. The van der Waals surface area contributed by atoms with Crippen LogP contribution in [-0.4, -0.2) is 46.0 Å². The number of aliphatic imine (C=N–C) groups is 1. The number of aromatic hydroxyl groups is 1. The summed E-state index contributed by atoms with van der Waals surface area (Å²) in [6.45, 7) is 5.43. The molecule has 8 nitrogen and oxygen atoms in total. The molecule has 3 N–H and O–H groups in total. The quantitative estimate of drug-likeness (QED) is 0.547. The second-order valence-electron chi connectivity index (χ2n) is 7.02. The van der Waals surface area contributed by atoms with Crippen molar-refractivity contribution in [3.8, 4) is 11.5 Å². The van der Waals surface area contributed by atoms with Gasteiger partial charge in [0.1, 0.15) is 17.3 Å². The molecule has 0 amide bonds. The average molecular weight is 372 g/mol. The van der Waals surface area contributed by atoms with E-state index in [0.717, 1.165) is 36.6 Å². The van der Waals surface area contributed by atoms with E-state index < -0.39 is 0 Å². The van der Waals surface area contributed by atoms with Crippen molar-refractivity contribution in [2.45, 2.75) is 51.7 Å². The summed E-state index contributed by atoms with van der Waals surface area (Å²) in [7, 11) is 3.34. The first kappa shape index (κ1) is 19.0. The summed E-state index contributed by atoms with van der Waals surface area (Å²) >= 11 is 0. The third kappa shape index (κ3) is 4.50. The molecule has 0 bridgehead atoms. The molecule has 2 heterocycles. The molecule has 0 spiro atoms. The van der Waals surface area contributed by atoms with Gasteiger partial charge >= 0.3 is 0 Å².